The van der Waals surface area contributed by atoms with Crippen molar-refractivity contribution >= 4 is 26.6 Å². The van der Waals surface area contributed by atoms with Crippen LogP contribution >= 0.6 is 6.29 Å². The molecular formula is C13H19O4PSe. The van der Waals surface area contributed by atoms with Gasteiger partial charge in [0.1, 0.15) is 0 Å². The van der Waals surface area contributed by atoms with Crippen molar-refractivity contribution in [3.05, 3.63) is 35.9 Å². The topological polar surface area (TPSA) is 52.6 Å². The van der Waals surface area contributed by atoms with Gasteiger partial charge >= 0.3 is 120 Å². The summed E-state index contributed by atoms with van der Waals surface area (Å²) in [7, 11) is 0. The van der Waals surface area contributed by atoms with Crippen LogP contribution in [-0.4, -0.2) is 33.5 Å². The molecule has 19 heavy (non-hydrogen) atoms. The Bertz CT molecular complexity index is 439. The fourth-order valence-corrected chi connectivity index (χ4v) is 8.65. The first-order valence-electron chi connectivity index (χ1n) is 6.15. The van der Waals surface area contributed by atoms with E-state index in [2.05, 4.69) is 0 Å². The van der Waals surface area contributed by atoms with E-state index in [-0.39, 0.29) is 5.78 Å². The molecule has 1 aromatic rings. The van der Waals surface area contributed by atoms with Gasteiger partial charge in [-0.15, -0.1) is 0 Å². The van der Waals surface area contributed by atoms with E-state index in [1.807, 2.05) is 30.3 Å². The Morgan fingerprint density at radius 2 is 1.74 bits per heavy atom. The van der Waals surface area contributed by atoms with Crippen LogP contribution in [0.25, 0.3) is 0 Å². The molecule has 0 amide bonds. The number of Topliss-reactive ketones (excluding diaryl/α,β-unsaturated/α-hetero) is 1. The van der Waals surface area contributed by atoms with Crippen molar-refractivity contribution in [1.29, 1.82) is 0 Å². The van der Waals surface area contributed by atoms with Crippen LogP contribution in [0.15, 0.2) is 30.3 Å². The molecule has 1 unspecified atom stereocenters. The average Bonchev–Trinajstić information content (AvgIpc) is 2.37. The quantitative estimate of drug-likeness (QED) is 0.534. The van der Waals surface area contributed by atoms with Crippen LogP contribution in [-0.2, 0) is 18.4 Å². The molecule has 0 saturated carbocycles. The molecule has 1 aromatic carbocycles. The first-order valence-corrected chi connectivity index (χ1v) is 10.9. The zero-order chi connectivity index (χ0) is 14.3. The molecular weight excluding hydrogens is 330 g/mol. The van der Waals surface area contributed by atoms with Crippen LogP contribution in [0.1, 0.15) is 31.2 Å². The van der Waals surface area contributed by atoms with Crippen LogP contribution in [0.5, 0.6) is 0 Å². The maximum absolute atomic E-state index is 12.5. The molecule has 0 fully saturated rings. The van der Waals surface area contributed by atoms with Gasteiger partial charge in [-0.25, -0.2) is 0 Å². The Labute approximate surface area is 120 Å². The predicted molar refractivity (Wildman–Crippen MR) is 76.5 cm³/mol. The standard InChI is InChI=1S/C13H19O4PSe/c1-4-16-18(15,17-5-2)19-13(11(3)14)12-9-7-6-8-10-12/h6-10,13H,4-5H2,1-3H3. The van der Waals surface area contributed by atoms with Crippen molar-refractivity contribution in [1.82, 2.24) is 0 Å². The van der Waals surface area contributed by atoms with Crippen LogP contribution in [0.2, 0.25) is 0 Å². The Balaban J connectivity index is 2.95. The Hall–Kier alpha value is -0.441. The molecule has 6 heteroatoms. The second-order valence-electron chi connectivity index (χ2n) is 3.79. The van der Waals surface area contributed by atoms with Crippen LogP contribution in [0.3, 0.4) is 0 Å². The average molecular weight is 349 g/mol. The van der Waals surface area contributed by atoms with Gasteiger partial charge in [0.2, 0.25) is 0 Å². The van der Waals surface area contributed by atoms with E-state index in [9.17, 15) is 9.36 Å². The van der Waals surface area contributed by atoms with Crippen molar-refractivity contribution in [3.63, 3.8) is 0 Å². The van der Waals surface area contributed by atoms with Crippen molar-refractivity contribution in [2.24, 2.45) is 0 Å². The second-order valence-corrected chi connectivity index (χ2v) is 10.5. The van der Waals surface area contributed by atoms with Crippen molar-refractivity contribution in [2.45, 2.75) is 25.6 Å². The predicted octanol–water partition coefficient (Wildman–Crippen LogP) is 3.20. The van der Waals surface area contributed by atoms with E-state index >= 15 is 0 Å². The number of rotatable bonds is 8. The van der Waals surface area contributed by atoms with E-state index in [0.29, 0.717) is 13.2 Å². The summed E-state index contributed by atoms with van der Waals surface area (Å²) in [6.07, 6.45) is -3.15. The Morgan fingerprint density at radius 3 is 2.16 bits per heavy atom. The molecule has 0 saturated heterocycles. The molecule has 1 rings (SSSR count). The Kier molecular flexibility index (Phi) is 6.98. The van der Waals surface area contributed by atoms with E-state index in [1.165, 1.54) is 6.92 Å². The van der Waals surface area contributed by atoms with Gasteiger partial charge in [-0.2, -0.15) is 0 Å². The number of hydrogen-bond donors (Lipinski definition) is 0. The van der Waals surface area contributed by atoms with E-state index < -0.39 is 25.6 Å². The third-order valence-corrected chi connectivity index (χ3v) is 9.44. The van der Waals surface area contributed by atoms with Gasteiger partial charge in [0.15, 0.2) is 0 Å². The molecule has 0 aliphatic heterocycles. The third-order valence-electron chi connectivity index (χ3n) is 2.28. The number of carbonyl (C=O) groups excluding carboxylic acids is 1. The summed E-state index contributed by atoms with van der Waals surface area (Å²) < 4.78 is 23.1. The van der Waals surface area contributed by atoms with Crippen molar-refractivity contribution in [3.8, 4) is 0 Å². The fourth-order valence-electron chi connectivity index (χ4n) is 1.54. The molecule has 1 atom stereocenters. The van der Waals surface area contributed by atoms with E-state index in [4.69, 9.17) is 9.05 Å². The molecule has 4 nitrogen and oxygen atoms in total. The molecule has 0 aromatic heterocycles. The van der Waals surface area contributed by atoms with Gasteiger partial charge in [0.25, 0.3) is 0 Å². The van der Waals surface area contributed by atoms with Crippen molar-refractivity contribution in [2.75, 3.05) is 13.2 Å². The number of benzene rings is 1. The van der Waals surface area contributed by atoms with Gasteiger partial charge in [0, 0.05) is 0 Å². The number of hydrogen-bond acceptors (Lipinski definition) is 4. The summed E-state index contributed by atoms with van der Waals surface area (Å²) in [6.45, 7) is 5.69. The Morgan fingerprint density at radius 1 is 1.21 bits per heavy atom. The molecule has 0 N–H and O–H groups in total. The molecule has 0 bridgehead atoms. The van der Waals surface area contributed by atoms with Crippen molar-refractivity contribution < 1.29 is 18.4 Å². The first-order chi connectivity index (χ1) is 9.02. The second kappa shape index (κ2) is 7.98. The number of carbonyl (C=O) groups is 1. The molecule has 0 aliphatic rings. The van der Waals surface area contributed by atoms with Crippen LogP contribution < -0.4 is 0 Å². The van der Waals surface area contributed by atoms with Gasteiger partial charge in [-0.05, 0) is 0 Å². The van der Waals surface area contributed by atoms with Gasteiger partial charge in [0.05, 0.1) is 0 Å². The summed E-state index contributed by atoms with van der Waals surface area (Å²) >= 11 is -0.563. The van der Waals surface area contributed by atoms with Crippen LogP contribution in [0, 0.1) is 0 Å². The minimum absolute atomic E-state index is 0.00849. The van der Waals surface area contributed by atoms with Gasteiger partial charge in [-0.1, -0.05) is 0 Å². The van der Waals surface area contributed by atoms with Gasteiger partial charge < -0.3 is 0 Å². The summed E-state index contributed by atoms with van der Waals surface area (Å²) in [4.78, 5) is 11.4. The fraction of sp³-hybridized carbons (Fsp3) is 0.462. The monoisotopic (exact) mass is 350 g/mol. The zero-order valence-corrected chi connectivity index (χ0v) is 14.0. The summed E-state index contributed by atoms with van der Waals surface area (Å²) in [5, 5.41) is 0. The van der Waals surface area contributed by atoms with E-state index in [0.717, 1.165) is 5.56 Å². The third kappa shape index (κ3) is 5.21. The van der Waals surface area contributed by atoms with Gasteiger partial charge in [-0.3, -0.25) is 0 Å². The molecule has 0 heterocycles. The summed E-state index contributed by atoms with van der Waals surface area (Å²) in [6, 6.07) is 9.37. The summed E-state index contributed by atoms with van der Waals surface area (Å²) in [5.74, 6) is -0.00849. The SMILES string of the molecule is CCOP(=O)(OCC)[Se]C(C(C)=O)c1ccccc1. The first kappa shape index (κ1) is 16.6. The summed E-state index contributed by atoms with van der Waals surface area (Å²) in [5.41, 5.74) is 0.870. The number of ketones is 1. The van der Waals surface area contributed by atoms with Crippen LogP contribution in [0.4, 0.5) is 0 Å². The maximum atomic E-state index is 12.5. The molecule has 0 aliphatic carbocycles. The minimum atomic E-state index is -3.15. The van der Waals surface area contributed by atoms with E-state index in [1.54, 1.807) is 13.8 Å². The molecule has 0 radical (unpaired) electrons. The normalized spacial score (nSPS) is 13.2. The molecule has 106 valence electrons. The molecule has 0 spiro atoms. The zero-order valence-electron chi connectivity index (χ0n) is 11.4.